The van der Waals surface area contributed by atoms with E-state index in [9.17, 15) is 23.1 Å². The molecule has 0 bridgehead atoms. The van der Waals surface area contributed by atoms with E-state index < -0.39 is 30.4 Å². The molecular formula is C12H18F3N3O3. The highest BCUT2D eigenvalue weighted by Gasteiger charge is 2.31. The Balaban J connectivity index is 2.48. The van der Waals surface area contributed by atoms with Crippen molar-refractivity contribution in [1.29, 1.82) is 0 Å². The van der Waals surface area contributed by atoms with Crippen LogP contribution >= 0.6 is 0 Å². The third kappa shape index (κ3) is 5.72. The van der Waals surface area contributed by atoms with Crippen LogP contribution in [0, 0.1) is 0 Å². The molecule has 2 unspecified atom stereocenters. The van der Waals surface area contributed by atoms with Crippen LogP contribution in [-0.2, 0) is 22.2 Å². The summed E-state index contributed by atoms with van der Waals surface area (Å²) in [5.74, 6) is -0.733. The predicted octanol–water partition coefficient (Wildman–Crippen LogP) is 0.711. The summed E-state index contributed by atoms with van der Waals surface area (Å²) >= 11 is 0. The van der Waals surface area contributed by atoms with Gasteiger partial charge < -0.3 is 15.2 Å². The monoisotopic (exact) mass is 309 g/mol. The van der Waals surface area contributed by atoms with Crippen molar-refractivity contribution in [2.45, 2.75) is 31.7 Å². The first kappa shape index (κ1) is 17.4. The van der Waals surface area contributed by atoms with Crippen LogP contribution in [-0.4, -0.2) is 46.2 Å². The molecule has 2 atom stereocenters. The van der Waals surface area contributed by atoms with Crippen molar-refractivity contribution in [3.63, 3.8) is 0 Å². The minimum atomic E-state index is -4.49. The number of hydrogen-bond donors (Lipinski definition) is 2. The van der Waals surface area contributed by atoms with E-state index >= 15 is 0 Å². The van der Waals surface area contributed by atoms with Crippen molar-refractivity contribution in [2.24, 2.45) is 7.05 Å². The Morgan fingerprint density at radius 2 is 2.19 bits per heavy atom. The lowest BCUT2D eigenvalue weighted by atomic mass is 10.00. The molecule has 1 heterocycles. The highest BCUT2D eigenvalue weighted by molar-refractivity contribution is 5.80. The zero-order chi connectivity index (χ0) is 16.3. The fraction of sp³-hybridized carbons (Fsp3) is 0.667. The maximum atomic E-state index is 12.0. The molecule has 0 spiro atoms. The van der Waals surface area contributed by atoms with Gasteiger partial charge >= 0.3 is 6.18 Å². The number of aliphatic hydroxyl groups is 1. The molecule has 1 amide bonds. The lowest BCUT2D eigenvalue weighted by molar-refractivity contribution is -0.185. The summed E-state index contributed by atoms with van der Waals surface area (Å²) < 4.78 is 41.8. The molecule has 1 aromatic rings. The van der Waals surface area contributed by atoms with E-state index in [0.29, 0.717) is 5.56 Å². The average molecular weight is 309 g/mol. The molecule has 0 fully saturated rings. The SMILES string of the molecule is CC(OCC(F)(F)F)C(=O)NCC(C)(O)c1cnn(C)c1. The largest absolute Gasteiger partial charge is 0.411 e. The van der Waals surface area contributed by atoms with Crippen LogP contribution < -0.4 is 5.32 Å². The molecule has 0 aliphatic carbocycles. The van der Waals surface area contributed by atoms with Crippen LogP contribution in [0.25, 0.3) is 0 Å². The second-order valence-electron chi connectivity index (χ2n) is 4.96. The smallest absolute Gasteiger partial charge is 0.383 e. The molecule has 0 aromatic carbocycles. The van der Waals surface area contributed by atoms with Crippen molar-refractivity contribution in [3.05, 3.63) is 18.0 Å². The topological polar surface area (TPSA) is 76.4 Å². The van der Waals surface area contributed by atoms with E-state index in [0.717, 1.165) is 0 Å². The van der Waals surface area contributed by atoms with Gasteiger partial charge in [0.05, 0.1) is 12.7 Å². The molecule has 0 saturated heterocycles. The molecule has 120 valence electrons. The maximum Gasteiger partial charge on any atom is 0.411 e. The average Bonchev–Trinajstić information content (AvgIpc) is 2.79. The summed E-state index contributed by atoms with van der Waals surface area (Å²) in [6, 6.07) is 0. The Labute approximate surface area is 119 Å². The number of carbonyl (C=O) groups is 1. The van der Waals surface area contributed by atoms with E-state index in [2.05, 4.69) is 15.2 Å². The Morgan fingerprint density at radius 1 is 1.57 bits per heavy atom. The van der Waals surface area contributed by atoms with Crippen molar-refractivity contribution in [1.82, 2.24) is 15.1 Å². The molecule has 0 aliphatic rings. The molecule has 1 rings (SSSR count). The first-order chi connectivity index (χ1) is 9.51. The molecular weight excluding hydrogens is 291 g/mol. The van der Waals surface area contributed by atoms with Gasteiger partial charge in [-0.2, -0.15) is 18.3 Å². The lowest BCUT2D eigenvalue weighted by Gasteiger charge is -2.23. The number of alkyl halides is 3. The van der Waals surface area contributed by atoms with Gasteiger partial charge in [-0.1, -0.05) is 0 Å². The molecule has 6 nitrogen and oxygen atoms in total. The number of carbonyl (C=O) groups excluding carboxylic acids is 1. The van der Waals surface area contributed by atoms with Gasteiger partial charge in [0.25, 0.3) is 0 Å². The Bertz CT molecular complexity index is 486. The number of aromatic nitrogens is 2. The van der Waals surface area contributed by atoms with Crippen molar-refractivity contribution >= 4 is 5.91 Å². The Morgan fingerprint density at radius 3 is 2.67 bits per heavy atom. The van der Waals surface area contributed by atoms with Gasteiger partial charge in [0, 0.05) is 18.8 Å². The summed E-state index contributed by atoms with van der Waals surface area (Å²) in [6.45, 7) is 1.00. The highest BCUT2D eigenvalue weighted by Crippen LogP contribution is 2.19. The molecule has 2 N–H and O–H groups in total. The zero-order valence-electron chi connectivity index (χ0n) is 11.9. The third-order valence-corrected chi connectivity index (χ3v) is 2.80. The van der Waals surface area contributed by atoms with Crippen molar-refractivity contribution in [2.75, 3.05) is 13.2 Å². The highest BCUT2D eigenvalue weighted by atomic mass is 19.4. The van der Waals surface area contributed by atoms with Crippen LogP contribution in [0.1, 0.15) is 19.4 Å². The number of amides is 1. The lowest BCUT2D eigenvalue weighted by Crippen LogP contribution is -2.43. The summed E-state index contributed by atoms with van der Waals surface area (Å²) in [6.07, 6.45) is -2.74. The molecule has 21 heavy (non-hydrogen) atoms. The summed E-state index contributed by atoms with van der Waals surface area (Å²) in [7, 11) is 1.67. The van der Waals surface area contributed by atoms with Gasteiger partial charge in [-0.3, -0.25) is 9.48 Å². The predicted molar refractivity (Wildman–Crippen MR) is 67.3 cm³/mol. The first-order valence-corrected chi connectivity index (χ1v) is 6.19. The van der Waals surface area contributed by atoms with Crippen LogP contribution in [0.3, 0.4) is 0 Å². The zero-order valence-corrected chi connectivity index (χ0v) is 11.9. The van der Waals surface area contributed by atoms with Gasteiger partial charge in [-0.05, 0) is 13.8 Å². The summed E-state index contributed by atoms with van der Waals surface area (Å²) in [5, 5.41) is 16.4. The summed E-state index contributed by atoms with van der Waals surface area (Å²) in [4.78, 5) is 11.6. The van der Waals surface area contributed by atoms with Gasteiger partial charge in [0.15, 0.2) is 0 Å². The molecule has 0 saturated carbocycles. The van der Waals surface area contributed by atoms with Crippen LogP contribution in [0.15, 0.2) is 12.4 Å². The molecule has 1 aromatic heterocycles. The number of halogens is 3. The number of rotatable bonds is 6. The number of nitrogens with one attached hydrogen (secondary N) is 1. The Kier molecular flexibility index (Phi) is 5.35. The minimum absolute atomic E-state index is 0.169. The molecule has 0 aliphatic heterocycles. The van der Waals surface area contributed by atoms with E-state index in [4.69, 9.17) is 0 Å². The quantitative estimate of drug-likeness (QED) is 0.811. The van der Waals surface area contributed by atoms with Gasteiger partial charge in [-0.25, -0.2) is 0 Å². The van der Waals surface area contributed by atoms with Gasteiger partial charge in [0.2, 0.25) is 5.91 Å². The second kappa shape index (κ2) is 6.44. The first-order valence-electron chi connectivity index (χ1n) is 6.19. The molecule has 9 heteroatoms. The van der Waals surface area contributed by atoms with Crippen LogP contribution in [0.4, 0.5) is 13.2 Å². The van der Waals surface area contributed by atoms with Gasteiger partial charge in [-0.15, -0.1) is 0 Å². The van der Waals surface area contributed by atoms with E-state index in [1.54, 1.807) is 13.2 Å². The van der Waals surface area contributed by atoms with Gasteiger partial charge in [0.1, 0.15) is 18.3 Å². The number of ether oxygens (including phenoxy) is 1. The van der Waals surface area contributed by atoms with Crippen LogP contribution in [0.5, 0.6) is 0 Å². The Hall–Kier alpha value is -1.61. The fourth-order valence-electron chi connectivity index (χ4n) is 1.50. The fourth-order valence-corrected chi connectivity index (χ4v) is 1.50. The third-order valence-electron chi connectivity index (χ3n) is 2.80. The standard InChI is InChI=1S/C12H18F3N3O3/c1-8(21-7-12(13,14)15)10(19)16-6-11(2,20)9-4-17-18(3)5-9/h4-5,8,20H,6-7H2,1-3H3,(H,16,19). The number of aryl methyl sites for hydroxylation is 1. The maximum absolute atomic E-state index is 12.0. The molecule has 0 radical (unpaired) electrons. The van der Waals surface area contributed by atoms with E-state index in [1.165, 1.54) is 24.7 Å². The summed E-state index contributed by atoms with van der Waals surface area (Å²) in [5.41, 5.74) is -0.901. The minimum Gasteiger partial charge on any atom is -0.383 e. The van der Waals surface area contributed by atoms with E-state index in [1.807, 2.05) is 0 Å². The second-order valence-corrected chi connectivity index (χ2v) is 4.96. The van der Waals surface area contributed by atoms with E-state index in [-0.39, 0.29) is 6.54 Å². The normalized spacial score (nSPS) is 16.3. The van der Waals surface area contributed by atoms with Crippen molar-refractivity contribution < 1.29 is 27.8 Å². The number of nitrogens with zero attached hydrogens (tertiary/aromatic N) is 2. The van der Waals surface area contributed by atoms with Crippen molar-refractivity contribution in [3.8, 4) is 0 Å². The van der Waals surface area contributed by atoms with Crippen LogP contribution in [0.2, 0.25) is 0 Å². The number of hydrogen-bond acceptors (Lipinski definition) is 4.